The molecule has 0 rings (SSSR count). The normalized spacial score (nSPS) is 13.4. The fourth-order valence-electron chi connectivity index (χ4n) is 1.73. The number of carbonyl (C=O) groups is 2. The van der Waals surface area contributed by atoms with Gasteiger partial charge in [0.25, 0.3) is 0 Å². The first kappa shape index (κ1) is 20.6. The number of hydrogen-bond donors (Lipinski definition) is 0. The van der Waals surface area contributed by atoms with Crippen molar-refractivity contribution in [3.05, 3.63) is 12.2 Å². The zero-order valence-corrected chi connectivity index (χ0v) is 14.9. The molecule has 0 radical (unpaired) electrons. The van der Waals surface area contributed by atoms with E-state index in [1.54, 1.807) is 27.7 Å². The van der Waals surface area contributed by atoms with Crippen molar-refractivity contribution in [2.75, 3.05) is 0 Å². The van der Waals surface area contributed by atoms with Gasteiger partial charge in [0.2, 0.25) is 0 Å². The summed E-state index contributed by atoms with van der Waals surface area (Å²) in [6.07, 6.45) is 1.06. The van der Waals surface area contributed by atoms with Gasteiger partial charge in [-0.3, -0.25) is 4.89 Å². The second-order valence-electron chi connectivity index (χ2n) is 7.56. The summed E-state index contributed by atoms with van der Waals surface area (Å²) >= 11 is 0. The van der Waals surface area contributed by atoms with Crippen molar-refractivity contribution in [2.45, 2.75) is 79.4 Å². The molecule has 0 saturated carbocycles. The SMILES string of the molecule is C=C(C)C(=O)OC(C)CC(C)(C)OOC(=O)CCC(C)(C)C. The van der Waals surface area contributed by atoms with Crippen LogP contribution in [-0.4, -0.2) is 23.6 Å². The lowest BCUT2D eigenvalue weighted by atomic mass is 9.91. The summed E-state index contributed by atoms with van der Waals surface area (Å²) in [5.74, 6) is -0.833. The molecule has 5 nitrogen and oxygen atoms in total. The first-order valence-electron chi connectivity index (χ1n) is 7.57. The van der Waals surface area contributed by atoms with Crippen molar-refractivity contribution in [1.29, 1.82) is 0 Å². The smallest absolute Gasteiger partial charge is 0.342 e. The van der Waals surface area contributed by atoms with E-state index in [1.165, 1.54) is 0 Å². The maximum Gasteiger partial charge on any atom is 0.342 e. The van der Waals surface area contributed by atoms with Crippen LogP contribution in [0.4, 0.5) is 0 Å². The third-order valence-corrected chi connectivity index (χ3v) is 2.88. The Bertz CT molecular complexity index is 404. The highest BCUT2D eigenvalue weighted by molar-refractivity contribution is 5.87. The van der Waals surface area contributed by atoms with Gasteiger partial charge in [-0.15, -0.1) is 0 Å². The molecule has 0 aromatic carbocycles. The summed E-state index contributed by atoms with van der Waals surface area (Å²) in [5, 5.41) is 0. The third-order valence-electron chi connectivity index (χ3n) is 2.88. The van der Waals surface area contributed by atoms with Gasteiger partial charge in [0, 0.05) is 18.4 Å². The minimum atomic E-state index is -0.744. The highest BCUT2D eigenvalue weighted by Crippen LogP contribution is 2.23. The van der Waals surface area contributed by atoms with Gasteiger partial charge in [0.05, 0.1) is 0 Å². The molecule has 0 aliphatic heterocycles. The molecule has 0 spiro atoms. The predicted molar refractivity (Wildman–Crippen MR) is 84.9 cm³/mol. The molecular formula is C17H30O5. The Hall–Kier alpha value is -1.36. The Balaban J connectivity index is 4.21. The molecule has 0 amide bonds. The Morgan fingerprint density at radius 3 is 2.14 bits per heavy atom. The fraction of sp³-hybridized carbons (Fsp3) is 0.765. The van der Waals surface area contributed by atoms with E-state index in [1.807, 2.05) is 0 Å². The van der Waals surface area contributed by atoms with Crippen molar-refractivity contribution in [1.82, 2.24) is 0 Å². The van der Waals surface area contributed by atoms with Crippen molar-refractivity contribution < 1.29 is 24.1 Å². The maximum atomic E-state index is 11.6. The first-order chi connectivity index (χ1) is 9.82. The monoisotopic (exact) mass is 314 g/mol. The van der Waals surface area contributed by atoms with Gasteiger partial charge in [0.1, 0.15) is 11.7 Å². The lowest BCUT2D eigenvalue weighted by Gasteiger charge is -2.26. The second kappa shape index (κ2) is 8.32. The van der Waals surface area contributed by atoms with Gasteiger partial charge in [0.15, 0.2) is 0 Å². The molecule has 0 heterocycles. The zero-order valence-electron chi connectivity index (χ0n) is 14.9. The van der Waals surface area contributed by atoms with Crippen LogP contribution in [0, 0.1) is 5.41 Å². The average Bonchev–Trinajstić information content (AvgIpc) is 2.32. The van der Waals surface area contributed by atoms with Gasteiger partial charge in [-0.05, 0) is 39.5 Å². The van der Waals surface area contributed by atoms with Crippen LogP contribution in [0.2, 0.25) is 0 Å². The van der Waals surface area contributed by atoms with Crippen LogP contribution in [0.3, 0.4) is 0 Å². The molecule has 0 aliphatic carbocycles. The molecule has 0 N–H and O–H groups in total. The number of ether oxygens (including phenoxy) is 1. The van der Waals surface area contributed by atoms with E-state index in [9.17, 15) is 9.59 Å². The van der Waals surface area contributed by atoms with Gasteiger partial charge in [-0.2, -0.15) is 4.89 Å². The van der Waals surface area contributed by atoms with E-state index < -0.39 is 17.5 Å². The van der Waals surface area contributed by atoms with E-state index in [0.29, 0.717) is 18.4 Å². The summed E-state index contributed by atoms with van der Waals surface area (Å²) in [4.78, 5) is 33.1. The Morgan fingerprint density at radius 2 is 1.68 bits per heavy atom. The number of rotatable bonds is 8. The average molecular weight is 314 g/mol. The van der Waals surface area contributed by atoms with Crippen molar-refractivity contribution in [3.63, 3.8) is 0 Å². The molecule has 0 bridgehead atoms. The predicted octanol–water partition coefficient (Wildman–Crippen LogP) is 3.96. The maximum absolute atomic E-state index is 11.6. The van der Waals surface area contributed by atoms with Crippen LogP contribution in [-0.2, 0) is 24.1 Å². The van der Waals surface area contributed by atoms with Gasteiger partial charge >= 0.3 is 11.9 Å². The molecule has 0 saturated heterocycles. The van der Waals surface area contributed by atoms with E-state index in [2.05, 4.69) is 27.4 Å². The van der Waals surface area contributed by atoms with Crippen molar-refractivity contribution in [2.24, 2.45) is 5.41 Å². The lowest BCUT2D eigenvalue weighted by molar-refractivity contribution is -0.329. The van der Waals surface area contributed by atoms with E-state index >= 15 is 0 Å². The van der Waals surface area contributed by atoms with Gasteiger partial charge in [-0.1, -0.05) is 27.4 Å². The zero-order chi connectivity index (χ0) is 17.6. The second-order valence-corrected chi connectivity index (χ2v) is 7.56. The van der Waals surface area contributed by atoms with E-state index in [0.717, 1.165) is 6.42 Å². The van der Waals surface area contributed by atoms with Crippen molar-refractivity contribution >= 4 is 11.9 Å². The van der Waals surface area contributed by atoms with Crippen LogP contribution in [0.15, 0.2) is 12.2 Å². The highest BCUT2D eigenvalue weighted by Gasteiger charge is 2.27. The van der Waals surface area contributed by atoms with Gasteiger partial charge in [-0.25, -0.2) is 9.59 Å². The summed E-state index contributed by atoms with van der Waals surface area (Å²) < 4.78 is 5.19. The summed E-state index contributed by atoms with van der Waals surface area (Å²) in [6.45, 7) is 16.6. The van der Waals surface area contributed by atoms with Crippen molar-refractivity contribution in [3.8, 4) is 0 Å². The summed E-state index contributed by atoms with van der Waals surface area (Å²) in [5.41, 5.74) is -0.328. The number of hydrogen-bond acceptors (Lipinski definition) is 5. The number of esters is 1. The van der Waals surface area contributed by atoms with Crippen LogP contribution >= 0.6 is 0 Å². The largest absolute Gasteiger partial charge is 0.459 e. The van der Waals surface area contributed by atoms with Crippen LogP contribution in [0.1, 0.15) is 67.7 Å². The third kappa shape index (κ3) is 10.4. The summed E-state index contributed by atoms with van der Waals surface area (Å²) in [6, 6.07) is 0. The van der Waals surface area contributed by atoms with E-state index in [4.69, 9.17) is 14.5 Å². The minimum absolute atomic E-state index is 0.0692. The number of carbonyl (C=O) groups excluding carboxylic acids is 2. The topological polar surface area (TPSA) is 61.8 Å². The van der Waals surface area contributed by atoms with Crippen LogP contribution < -0.4 is 0 Å². The first-order valence-corrected chi connectivity index (χ1v) is 7.57. The molecule has 0 aliphatic rings. The molecule has 1 atom stereocenters. The van der Waals surface area contributed by atoms with Crippen LogP contribution in [0.5, 0.6) is 0 Å². The Labute approximate surface area is 133 Å². The molecule has 0 fully saturated rings. The fourth-order valence-corrected chi connectivity index (χ4v) is 1.73. The van der Waals surface area contributed by atoms with Crippen LogP contribution in [0.25, 0.3) is 0 Å². The molecular weight excluding hydrogens is 284 g/mol. The molecule has 0 aromatic heterocycles. The van der Waals surface area contributed by atoms with E-state index in [-0.39, 0.29) is 11.5 Å². The standard InChI is InChI=1S/C17H30O5/c1-12(2)15(19)20-13(3)11-17(7,8)22-21-14(18)9-10-16(4,5)6/h13H,1,9-11H2,2-8H3. The molecule has 128 valence electrons. The molecule has 1 unspecified atom stereocenters. The molecule has 0 aromatic rings. The van der Waals surface area contributed by atoms with Gasteiger partial charge < -0.3 is 4.74 Å². The molecule has 5 heteroatoms. The lowest BCUT2D eigenvalue weighted by Crippen LogP contribution is -2.32. The highest BCUT2D eigenvalue weighted by atomic mass is 17.2. The quantitative estimate of drug-likeness (QED) is 0.294. The minimum Gasteiger partial charge on any atom is -0.459 e. The molecule has 22 heavy (non-hydrogen) atoms. The summed E-state index contributed by atoms with van der Waals surface area (Å²) in [7, 11) is 0. The Kier molecular flexibility index (Phi) is 7.81. The Morgan fingerprint density at radius 1 is 1.14 bits per heavy atom.